The van der Waals surface area contributed by atoms with Gasteiger partial charge >= 0.3 is 0 Å². The molecule has 1 aromatic heterocycles. The number of ether oxygens (including phenoxy) is 1. The molecule has 4 unspecified atom stereocenters. The number of carbonyl (C=O) groups is 2. The van der Waals surface area contributed by atoms with Crippen molar-refractivity contribution in [2.45, 2.75) is 44.9 Å². The second-order valence-corrected chi connectivity index (χ2v) is 9.34. The van der Waals surface area contributed by atoms with Gasteiger partial charge in [0.05, 0.1) is 31.0 Å². The fourth-order valence-corrected chi connectivity index (χ4v) is 5.74. The molecule has 0 radical (unpaired) electrons. The van der Waals surface area contributed by atoms with Gasteiger partial charge in [0.25, 0.3) is 0 Å². The Balaban J connectivity index is 1.39. The molecular formula is C22H31N3O3S. The Kier molecular flexibility index (Phi) is 6.08. The van der Waals surface area contributed by atoms with Crippen LogP contribution in [0, 0.1) is 11.8 Å². The molecule has 4 atom stereocenters. The van der Waals surface area contributed by atoms with Crippen molar-refractivity contribution < 1.29 is 14.3 Å². The van der Waals surface area contributed by atoms with Crippen molar-refractivity contribution in [1.29, 1.82) is 0 Å². The first kappa shape index (κ1) is 20.6. The lowest BCUT2D eigenvalue weighted by Gasteiger charge is -2.25. The van der Waals surface area contributed by atoms with Crippen molar-refractivity contribution in [2.75, 3.05) is 32.7 Å². The van der Waals surface area contributed by atoms with Crippen molar-refractivity contribution in [1.82, 2.24) is 15.1 Å². The summed E-state index contributed by atoms with van der Waals surface area (Å²) in [6.07, 6.45) is 5.92. The molecule has 1 aromatic rings. The van der Waals surface area contributed by atoms with Crippen LogP contribution in [0.5, 0.6) is 0 Å². The van der Waals surface area contributed by atoms with Crippen molar-refractivity contribution in [3.63, 3.8) is 0 Å². The van der Waals surface area contributed by atoms with Gasteiger partial charge in [-0.1, -0.05) is 32.1 Å². The van der Waals surface area contributed by atoms with Crippen LogP contribution < -0.4 is 5.32 Å². The lowest BCUT2D eigenvalue weighted by molar-refractivity contribution is -0.137. The number of rotatable bonds is 10. The van der Waals surface area contributed by atoms with E-state index in [0.29, 0.717) is 19.6 Å². The summed E-state index contributed by atoms with van der Waals surface area (Å²) in [6.45, 7) is 9.02. The number of hydrogen-bond donors (Lipinski definition) is 1. The topological polar surface area (TPSA) is 61.9 Å². The molecule has 0 saturated carbocycles. The van der Waals surface area contributed by atoms with Crippen LogP contribution in [0.4, 0.5) is 0 Å². The molecule has 1 N–H and O–H groups in total. The third-order valence-electron chi connectivity index (χ3n) is 6.22. The highest BCUT2D eigenvalue weighted by Crippen LogP contribution is 2.52. The highest BCUT2D eigenvalue weighted by Gasteiger charge is 2.66. The minimum absolute atomic E-state index is 0.0454. The molecule has 7 heteroatoms. The molecule has 4 rings (SSSR count). The standard InChI is InChI=1S/C22H31N3O3S/c1-3-10-24(11-4-2)12-9-23-20(26)18-17-7-8-22(28-17)15-25(21(27)19(18)22)14-16-6-5-13-29-16/h5-8,13,17-19H,3-4,9-12,14-15H2,1-2H3,(H,23,26). The summed E-state index contributed by atoms with van der Waals surface area (Å²) in [6, 6.07) is 4.04. The number of carbonyl (C=O) groups excluding carboxylic acids is 2. The van der Waals surface area contributed by atoms with Crippen molar-refractivity contribution in [3.8, 4) is 0 Å². The van der Waals surface area contributed by atoms with Crippen LogP contribution in [0.25, 0.3) is 0 Å². The molecule has 2 bridgehead atoms. The summed E-state index contributed by atoms with van der Waals surface area (Å²) in [5.74, 6) is -0.832. The molecule has 3 aliphatic rings. The number of thiophene rings is 1. The second kappa shape index (κ2) is 8.58. The molecule has 0 aliphatic carbocycles. The monoisotopic (exact) mass is 417 g/mol. The molecular weight excluding hydrogens is 386 g/mol. The molecule has 4 heterocycles. The summed E-state index contributed by atoms with van der Waals surface area (Å²) in [4.78, 5) is 31.6. The third-order valence-corrected chi connectivity index (χ3v) is 7.08. The summed E-state index contributed by atoms with van der Waals surface area (Å²) in [5.41, 5.74) is -0.628. The first-order chi connectivity index (χ1) is 14.1. The zero-order valence-corrected chi connectivity index (χ0v) is 18.1. The Hall–Kier alpha value is -1.70. The van der Waals surface area contributed by atoms with Gasteiger partial charge in [0, 0.05) is 18.0 Å². The van der Waals surface area contributed by atoms with Gasteiger partial charge in [-0.05, 0) is 37.4 Å². The normalized spacial score (nSPS) is 29.8. The van der Waals surface area contributed by atoms with Gasteiger partial charge in [0.1, 0.15) is 5.60 Å². The van der Waals surface area contributed by atoms with Crippen LogP contribution in [0.2, 0.25) is 0 Å². The van der Waals surface area contributed by atoms with E-state index in [1.807, 2.05) is 34.6 Å². The van der Waals surface area contributed by atoms with E-state index in [0.717, 1.165) is 37.4 Å². The van der Waals surface area contributed by atoms with Crippen LogP contribution in [0.1, 0.15) is 31.6 Å². The minimum Gasteiger partial charge on any atom is -0.360 e. The van der Waals surface area contributed by atoms with Gasteiger partial charge in [-0.15, -0.1) is 11.3 Å². The lowest BCUT2D eigenvalue weighted by atomic mass is 9.77. The zero-order valence-electron chi connectivity index (χ0n) is 17.3. The fourth-order valence-electron chi connectivity index (χ4n) is 5.03. The van der Waals surface area contributed by atoms with Gasteiger partial charge in [0.2, 0.25) is 11.8 Å². The molecule has 2 saturated heterocycles. The number of nitrogens with one attached hydrogen (secondary N) is 1. The largest absolute Gasteiger partial charge is 0.360 e. The van der Waals surface area contributed by atoms with Crippen molar-refractivity contribution in [2.24, 2.45) is 11.8 Å². The average Bonchev–Trinajstić information content (AvgIpc) is 3.45. The third kappa shape index (κ3) is 3.88. The Labute approximate surface area is 176 Å². The molecule has 158 valence electrons. The average molecular weight is 418 g/mol. The molecule has 2 amide bonds. The van der Waals surface area contributed by atoms with E-state index in [1.165, 1.54) is 0 Å². The second-order valence-electron chi connectivity index (χ2n) is 8.31. The number of likely N-dealkylation sites (tertiary alicyclic amines) is 1. The van der Waals surface area contributed by atoms with Crippen LogP contribution in [-0.4, -0.2) is 66.0 Å². The maximum absolute atomic E-state index is 13.2. The quantitative estimate of drug-likeness (QED) is 0.594. The zero-order chi connectivity index (χ0) is 20.4. The predicted molar refractivity (Wildman–Crippen MR) is 113 cm³/mol. The molecule has 3 aliphatic heterocycles. The van der Waals surface area contributed by atoms with E-state index >= 15 is 0 Å². The van der Waals surface area contributed by atoms with Crippen LogP contribution in [0.15, 0.2) is 29.7 Å². The Morgan fingerprint density at radius 2 is 2.14 bits per heavy atom. The van der Waals surface area contributed by atoms with E-state index < -0.39 is 17.4 Å². The number of hydrogen-bond acceptors (Lipinski definition) is 5. The first-order valence-electron chi connectivity index (χ1n) is 10.8. The number of amides is 2. The van der Waals surface area contributed by atoms with E-state index in [9.17, 15) is 9.59 Å². The molecule has 29 heavy (non-hydrogen) atoms. The van der Waals surface area contributed by atoms with E-state index in [4.69, 9.17) is 4.74 Å². The maximum Gasteiger partial charge on any atom is 0.230 e. The van der Waals surface area contributed by atoms with E-state index in [-0.39, 0.29) is 17.9 Å². The lowest BCUT2D eigenvalue weighted by Crippen LogP contribution is -2.45. The number of nitrogens with zero attached hydrogens (tertiary/aromatic N) is 2. The van der Waals surface area contributed by atoms with E-state index in [1.54, 1.807) is 11.3 Å². The fraction of sp³-hybridized carbons (Fsp3) is 0.636. The van der Waals surface area contributed by atoms with Crippen LogP contribution in [0.3, 0.4) is 0 Å². The number of fused-ring (bicyclic) bond motifs is 1. The smallest absolute Gasteiger partial charge is 0.230 e. The SMILES string of the molecule is CCCN(CCC)CCNC(=O)C1C2C=CC3(CN(Cc4cccs4)C(=O)C13)O2. The Morgan fingerprint density at radius 1 is 1.34 bits per heavy atom. The van der Waals surface area contributed by atoms with Crippen LogP contribution >= 0.6 is 11.3 Å². The minimum atomic E-state index is -0.628. The van der Waals surface area contributed by atoms with Gasteiger partial charge in [-0.2, -0.15) is 0 Å². The maximum atomic E-state index is 13.2. The summed E-state index contributed by atoms with van der Waals surface area (Å²) < 4.78 is 6.20. The summed E-state index contributed by atoms with van der Waals surface area (Å²) in [5, 5.41) is 5.11. The Morgan fingerprint density at radius 3 is 2.83 bits per heavy atom. The first-order valence-corrected chi connectivity index (χ1v) is 11.6. The Bertz CT molecular complexity index is 759. The van der Waals surface area contributed by atoms with Crippen molar-refractivity contribution in [3.05, 3.63) is 34.5 Å². The summed E-state index contributed by atoms with van der Waals surface area (Å²) >= 11 is 1.65. The van der Waals surface area contributed by atoms with Gasteiger partial charge in [-0.25, -0.2) is 0 Å². The van der Waals surface area contributed by atoms with Crippen molar-refractivity contribution >= 4 is 23.2 Å². The van der Waals surface area contributed by atoms with Crippen LogP contribution in [-0.2, 0) is 20.9 Å². The van der Waals surface area contributed by atoms with Gasteiger partial charge in [-0.3, -0.25) is 9.59 Å². The predicted octanol–water partition coefficient (Wildman–Crippen LogP) is 2.27. The molecule has 6 nitrogen and oxygen atoms in total. The van der Waals surface area contributed by atoms with Gasteiger partial charge < -0.3 is 19.9 Å². The van der Waals surface area contributed by atoms with Gasteiger partial charge in [0.15, 0.2) is 0 Å². The van der Waals surface area contributed by atoms with E-state index in [2.05, 4.69) is 24.1 Å². The highest BCUT2D eigenvalue weighted by atomic mass is 32.1. The highest BCUT2D eigenvalue weighted by molar-refractivity contribution is 7.09. The molecule has 2 fully saturated rings. The molecule has 1 spiro atoms. The summed E-state index contributed by atoms with van der Waals surface area (Å²) in [7, 11) is 0. The molecule has 0 aromatic carbocycles.